The zero-order valence-corrected chi connectivity index (χ0v) is 7.97. The average Bonchev–Trinajstić information content (AvgIpc) is 2.58. The third-order valence-electron chi connectivity index (χ3n) is 2.03. The molecule has 5 nitrogen and oxygen atoms in total. The molecule has 0 aliphatic heterocycles. The first kappa shape index (κ1) is 9.67. The Bertz CT molecular complexity index is 517. The van der Waals surface area contributed by atoms with Crippen LogP contribution < -0.4 is 0 Å². The van der Waals surface area contributed by atoms with Crippen molar-refractivity contribution < 1.29 is 19.4 Å². The second kappa shape index (κ2) is 3.36. The highest BCUT2D eigenvalue weighted by Crippen LogP contribution is 2.21. The summed E-state index contributed by atoms with van der Waals surface area (Å²) in [6.07, 6.45) is -1.71. The summed E-state index contributed by atoms with van der Waals surface area (Å²) >= 11 is 0. The molecule has 0 aliphatic rings. The van der Waals surface area contributed by atoms with E-state index in [1.54, 1.807) is 12.1 Å². The summed E-state index contributed by atoms with van der Waals surface area (Å²) in [5, 5.41) is 17.8. The van der Waals surface area contributed by atoms with Gasteiger partial charge >= 0.3 is 5.97 Å². The Morgan fingerprint density at radius 2 is 2.27 bits per heavy atom. The number of hydrogen-bond acceptors (Lipinski definition) is 4. The highest BCUT2D eigenvalue weighted by molar-refractivity contribution is 5.76. The van der Waals surface area contributed by atoms with Crippen molar-refractivity contribution in [1.82, 2.24) is 4.98 Å². The van der Waals surface area contributed by atoms with E-state index in [0.29, 0.717) is 11.1 Å². The maximum Gasteiger partial charge on any atom is 0.342 e. The Morgan fingerprint density at radius 3 is 2.93 bits per heavy atom. The fraction of sp³-hybridized carbons (Fsp3) is 0.200. The highest BCUT2D eigenvalue weighted by Gasteiger charge is 2.22. The molecule has 1 unspecified atom stereocenters. The highest BCUT2D eigenvalue weighted by atomic mass is 16.4. The van der Waals surface area contributed by atoms with Gasteiger partial charge in [-0.15, -0.1) is 0 Å². The van der Waals surface area contributed by atoms with Crippen molar-refractivity contribution in [2.45, 2.75) is 13.0 Å². The summed E-state index contributed by atoms with van der Waals surface area (Å²) in [6, 6.07) is 5.27. The molecular formula is C10H9NO4. The lowest BCUT2D eigenvalue weighted by atomic mass is 10.2. The van der Waals surface area contributed by atoms with Crippen LogP contribution >= 0.6 is 0 Å². The lowest BCUT2D eigenvalue weighted by molar-refractivity contribution is -0.148. The number of benzene rings is 1. The van der Waals surface area contributed by atoms with Gasteiger partial charge in [-0.2, -0.15) is 0 Å². The van der Waals surface area contributed by atoms with E-state index >= 15 is 0 Å². The molecule has 1 aromatic heterocycles. The molecule has 0 radical (unpaired) electrons. The molecule has 1 atom stereocenters. The Balaban J connectivity index is 2.51. The molecular weight excluding hydrogens is 198 g/mol. The van der Waals surface area contributed by atoms with Crippen molar-refractivity contribution in [2.75, 3.05) is 0 Å². The predicted molar refractivity (Wildman–Crippen MR) is 51.3 cm³/mol. The number of aliphatic carboxylic acids is 1. The second-order valence-corrected chi connectivity index (χ2v) is 3.26. The van der Waals surface area contributed by atoms with Crippen LogP contribution in [0.5, 0.6) is 0 Å². The van der Waals surface area contributed by atoms with Crippen molar-refractivity contribution in [1.29, 1.82) is 0 Å². The molecule has 0 amide bonds. The number of oxazole rings is 1. The molecule has 0 saturated heterocycles. The molecule has 0 bridgehead atoms. The number of carboxylic acids is 1. The molecule has 15 heavy (non-hydrogen) atoms. The van der Waals surface area contributed by atoms with Crippen LogP contribution in [0, 0.1) is 6.92 Å². The summed E-state index contributed by atoms with van der Waals surface area (Å²) in [5.41, 5.74) is 2.01. The smallest absolute Gasteiger partial charge is 0.342 e. The van der Waals surface area contributed by atoms with E-state index in [9.17, 15) is 9.90 Å². The lowest BCUT2D eigenvalue weighted by Gasteiger charge is -1.96. The third kappa shape index (κ3) is 1.69. The standard InChI is InChI=1S/C10H9NO4/c1-5-2-3-7-6(4-5)11-9(15-7)8(12)10(13)14/h2-4,8,12H,1H3,(H,13,14). The number of nitrogens with zero attached hydrogens (tertiary/aromatic N) is 1. The number of aliphatic hydroxyl groups is 1. The van der Waals surface area contributed by atoms with Crippen LogP contribution in [-0.2, 0) is 4.79 Å². The summed E-state index contributed by atoms with van der Waals surface area (Å²) in [5.74, 6) is -1.57. The molecule has 1 heterocycles. The first-order valence-electron chi connectivity index (χ1n) is 4.36. The topological polar surface area (TPSA) is 83.6 Å². The first-order valence-corrected chi connectivity index (χ1v) is 4.36. The zero-order valence-electron chi connectivity index (χ0n) is 7.97. The van der Waals surface area contributed by atoms with Gasteiger partial charge in [-0.05, 0) is 24.6 Å². The predicted octanol–water partition coefficient (Wildman–Crippen LogP) is 1.25. The Morgan fingerprint density at radius 1 is 1.53 bits per heavy atom. The van der Waals surface area contributed by atoms with Gasteiger partial charge in [-0.25, -0.2) is 9.78 Å². The number of rotatable bonds is 2. The lowest BCUT2D eigenvalue weighted by Crippen LogP contribution is -2.10. The van der Waals surface area contributed by atoms with E-state index in [2.05, 4.69) is 4.98 Å². The van der Waals surface area contributed by atoms with Gasteiger partial charge in [-0.3, -0.25) is 0 Å². The average molecular weight is 207 g/mol. The van der Waals surface area contributed by atoms with Crippen LogP contribution in [0.4, 0.5) is 0 Å². The number of aromatic nitrogens is 1. The minimum absolute atomic E-state index is 0.192. The van der Waals surface area contributed by atoms with Gasteiger partial charge < -0.3 is 14.6 Å². The third-order valence-corrected chi connectivity index (χ3v) is 2.03. The van der Waals surface area contributed by atoms with Crippen molar-refractivity contribution >= 4 is 17.1 Å². The summed E-state index contributed by atoms with van der Waals surface area (Å²) < 4.78 is 5.10. The van der Waals surface area contributed by atoms with Gasteiger partial charge in [0.1, 0.15) is 5.52 Å². The van der Waals surface area contributed by atoms with Gasteiger partial charge in [0.2, 0.25) is 12.0 Å². The van der Waals surface area contributed by atoms with Crippen molar-refractivity contribution in [3.05, 3.63) is 29.7 Å². The van der Waals surface area contributed by atoms with E-state index < -0.39 is 12.1 Å². The van der Waals surface area contributed by atoms with E-state index in [-0.39, 0.29) is 5.89 Å². The summed E-state index contributed by atoms with van der Waals surface area (Å²) in [7, 11) is 0. The van der Waals surface area contributed by atoms with Crippen LogP contribution in [0.15, 0.2) is 22.6 Å². The SMILES string of the molecule is Cc1ccc2oc(C(O)C(=O)O)nc2c1. The van der Waals surface area contributed by atoms with Crippen LogP contribution in [0.25, 0.3) is 11.1 Å². The molecule has 2 aromatic rings. The van der Waals surface area contributed by atoms with E-state index in [1.165, 1.54) is 0 Å². The van der Waals surface area contributed by atoms with Gasteiger partial charge in [-0.1, -0.05) is 6.07 Å². The number of carboxylic acid groups (broad SMARTS) is 1. The molecule has 0 saturated carbocycles. The van der Waals surface area contributed by atoms with Crippen LogP contribution in [0.2, 0.25) is 0 Å². The Hall–Kier alpha value is -1.88. The van der Waals surface area contributed by atoms with Crippen LogP contribution in [-0.4, -0.2) is 21.2 Å². The van der Waals surface area contributed by atoms with Crippen molar-refractivity contribution in [3.63, 3.8) is 0 Å². The van der Waals surface area contributed by atoms with Gasteiger partial charge in [0, 0.05) is 0 Å². The summed E-state index contributed by atoms with van der Waals surface area (Å²) in [6.45, 7) is 1.89. The molecule has 2 N–H and O–H groups in total. The Kier molecular flexibility index (Phi) is 2.17. The quantitative estimate of drug-likeness (QED) is 0.774. The maximum atomic E-state index is 10.5. The number of carbonyl (C=O) groups is 1. The number of hydrogen-bond donors (Lipinski definition) is 2. The number of aryl methyl sites for hydroxylation is 1. The van der Waals surface area contributed by atoms with E-state index in [1.807, 2.05) is 13.0 Å². The number of fused-ring (bicyclic) bond motifs is 1. The first-order chi connectivity index (χ1) is 7.08. The molecule has 0 aliphatic carbocycles. The largest absolute Gasteiger partial charge is 0.479 e. The molecule has 5 heteroatoms. The Labute approximate surface area is 85.0 Å². The van der Waals surface area contributed by atoms with E-state index in [0.717, 1.165) is 5.56 Å². The fourth-order valence-electron chi connectivity index (χ4n) is 1.28. The normalized spacial score (nSPS) is 12.9. The second-order valence-electron chi connectivity index (χ2n) is 3.26. The zero-order chi connectivity index (χ0) is 11.0. The van der Waals surface area contributed by atoms with Gasteiger partial charge in [0.05, 0.1) is 0 Å². The molecule has 2 rings (SSSR count). The van der Waals surface area contributed by atoms with Crippen molar-refractivity contribution in [2.24, 2.45) is 0 Å². The van der Waals surface area contributed by atoms with Crippen LogP contribution in [0.3, 0.4) is 0 Å². The minimum atomic E-state index is -1.71. The molecule has 1 aromatic carbocycles. The fourth-order valence-corrected chi connectivity index (χ4v) is 1.28. The monoisotopic (exact) mass is 207 g/mol. The number of aliphatic hydroxyl groups excluding tert-OH is 1. The molecule has 0 fully saturated rings. The summed E-state index contributed by atoms with van der Waals surface area (Å²) in [4.78, 5) is 14.4. The maximum absolute atomic E-state index is 10.5. The molecule has 0 spiro atoms. The van der Waals surface area contributed by atoms with E-state index in [4.69, 9.17) is 9.52 Å². The van der Waals surface area contributed by atoms with Gasteiger partial charge in [0.25, 0.3) is 0 Å². The minimum Gasteiger partial charge on any atom is -0.479 e. The van der Waals surface area contributed by atoms with Gasteiger partial charge in [0.15, 0.2) is 5.58 Å². The molecule has 78 valence electrons. The van der Waals surface area contributed by atoms with Crippen LogP contribution in [0.1, 0.15) is 17.6 Å². The van der Waals surface area contributed by atoms with Crippen molar-refractivity contribution in [3.8, 4) is 0 Å².